The summed E-state index contributed by atoms with van der Waals surface area (Å²) in [4.78, 5) is 23.2. The number of aliphatic hydroxyl groups is 3. The van der Waals surface area contributed by atoms with Gasteiger partial charge < -0.3 is 30.4 Å². The number of aromatic nitrogens is 3. The van der Waals surface area contributed by atoms with Crippen molar-refractivity contribution in [3.05, 3.63) is 18.1 Å². The predicted octanol–water partition coefficient (Wildman–Crippen LogP) is 0.424. The van der Waals surface area contributed by atoms with E-state index in [1.807, 2.05) is 0 Å². The number of rotatable bonds is 7. The van der Waals surface area contributed by atoms with Crippen molar-refractivity contribution in [2.45, 2.75) is 50.5 Å². The van der Waals surface area contributed by atoms with E-state index in [0.717, 1.165) is 19.3 Å². The molecule has 27 heavy (non-hydrogen) atoms. The maximum Gasteiger partial charge on any atom is 0.412 e. The Hall–Kier alpha value is -2.27. The molecule has 2 aromatic heterocycles. The summed E-state index contributed by atoms with van der Waals surface area (Å²) in [6.45, 7) is 2.10. The number of carbonyl (C=O) groups is 1. The van der Waals surface area contributed by atoms with Crippen LogP contribution < -0.4 is 10.6 Å². The molecule has 6 N–H and O–H groups in total. The van der Waals surface area contributed by atoms with Crippen LogP contribution in [-0.2, 0) is 4.74 Å². The third-order valence-corrected chi connectivity index (χ3v) is 4.72. The Morgan fingerprint density at radius 2 is 2.11 bits per heavy atom. The minimum atomic E-state index is -1.10. The number of aromatic amines is 1. The summed E-state index contributed by atoms with van der Waals surface area (Å²) in [5, 5.41) is 35.2. The molecule has 1 aliphatic heterocycles. The molecule has 0 radical (unpaired) electrons. The van der Waals surface area contributed by atoms with E-state index in [2.05, 4.69) is 32.5 Å². The van der Waals surface area contributed by atoms with Crippen LogP contribution in [0.15, 0.2) is 12.5 Å². The lowest BCUT2D eigenvalue weighted by molar-refractivity contribution is 0.0196. The van der Waals surface area contributed by atoms with E-state index >= 15 is 0 Å². The summed E-state index contributed by atoms with van der Waals surface area (Å²) in [6, 6.07) is -1.25. The van der Waals surface area contributed by atoms with Crippen LogP contribution in [0, 0.1) is 0 Å². The van der Waals surface area contributed by atoms with Gasteiger partial charge in [-0.05, 0) is 6.42 Å². The smallest absolute Gasteiger partial charge is 0.412 e. The van der Waals surface area contributed by atoms with Gasteiger partial charge in [0, 0.05) is 11.8 Å². The second-order valence-electron chi connectivity index (χ2n) is 6.57. The number of hydrogen-bond acceptors (Lipinski definition) is 8. The first-order chi connectivity index (χ1) is 13.1. The number of amides is 1. The number of hydrogen-bond donors (Lipinski definition) is 6. The summed E-state index contributed by atoms with van der Waals surface area (Å²) in [5.74, 6) is 0.262. The van der Waals surface area contributed by atoms with Gasteiger partial charge in [-0.2, -0.15) is 0 Å². The first kappa shape index (κ1) is 19.5. The molecule has 3 rings (SSSR count). The number of nitrogens with zero attached hydrogens (tertiary/aromatic N) is 2. The van der Waals surface area contributed by atoms with E-state index in [9.17, 15) is 20.1 Å². The summed E-state index contributed by atoms with van der Waals surface area (Å²) < 4.78 is 5.13. The Labute approximate surface area is 156 Å². The zero-order valence-corrected chi connectivity index (χ0v) is 15.1. The van der Waals surface area contributed by atoms with E-state index in [-0.39, 0.29) is 12.4 Å². The van der Waals surface area contributed by atoms with Gasteiger partial charge in [0.15, 0.2) is 5.82 Å². The third-order valence-electron chi connectivity index (χ3n) is 4.72. The van der Waals surface area contributed by atoms with Crippen LogP contribution in [0.4, 0.5) is 10.6 Å². The molecular weight excluding hydrogens is 354 g/mol. The topological polar surface area (TPSA) is 153 Å². The van der Waals surface area contributed by atoms with Gasteiger partial charge in [0.1, 0.15) is 17.9 Å². The van der Waals surface area contributed by atoms with Crippen molar-refractivity contribution in [1.29, 1.82) is 0 Å². The number of carbonyl (C=O) groups excluding carboxylic acids is 1. The molecule has 2 aromatic rings. The van der Waals surface area contributed by atoms with Gasteiger partial charge in [-0.15, -0.1) is 0 Å². The number of nitrogens with one attached hydrogen (secondary N) is 3. The van der Waals surface area contributed by atoms with Crippen molar-refractivity contribution >= 4 is 22.9 Å². The largest absolute Gasteiger partial charge is 0.449 e. The van der Waals surface area contributed by atoms with Crippen LogP contribution in [0.1, 0.15) is 37.8 Å². The molecule has 148 valence electrons. The van der Waals surface area contributed by atoms with Crippen LogP contribution in [0.3, 0.4) is 0 Å². The van der Waals surface area contributed by atoms with Gasteiger partial charge in [0.25, 0.3) is 0 Å². The molecule has 1 fully saturated rings. The summed E-state index contributed by atoms with van der Waals surface area (Å²) >= 11 is 0. The maximum absolute atomic E-state index is 11.9. The summed E-state index contributed by atoms with van der Waals surface area (Å²) in [6.07, 6.45) is 2.96. The minimum Gasteiger partial charge on any atom is -0.449 e. The van der Waals surface area contributed by atoms with Gasteiger partial charge in [0.05, 0.1) is 36.9 Å². The molecule has 1 amide bonds. The molecule has 4 atom stereocenters. The molecule has 3 heterocycles. The standard InChI is InChI=1S/C17H25N5O5/c1-2-3-4-5-27-17(26)22-16-13-11(19-8-20-16)9(6-18-13)12-15(25)14(24)10(7-23)21-12/h6,8,10,12,14-15,18,21,23-25H,2-5,7H2,1H3,(H,19,20,22,26)/t10-,12+,14-,15+/m1/s1. The van der Waals surface area contributed by atoms with Gasteiger partial charge in [-0.25, -0.2) is 14.8 Å². The van der Waals surface area contributed by atoms with Crippen LogP contribution in [-0.4, -0.2) is 67.8 Å². The SMILES string of the molecule is CCCCCOC(=O)Nc1ncnc2c([C@@H]3N[C@H](CO)[C@@H](O)[C@H]3O)c[nH]c12. The van der Waals surface area contributed by atoms with Crippen molar-refractivity contribution in [1.82, 2.24) is 20.3 Å². The fraction of sp³-hybridized carbons (Fsp3) is 0.588. The van der Waals surface area contributed by atoms with Crippen LogP contribution in [0.2, 0.25) is 0 Å². The average Bonchev–Trinajstić information content (AvgIpc) is 3.21. The van der Waals surface area contributed by atoms with Crippen molar-refractivity contribution in [2.75, 3.05) is 18.5 Å². The Morgan fingerprint density at radius 1 is 1.30 bits per heavy atom. The monoisotopic (exact) mass is 379 g/mol. The summed E-state index contributed by atoms with van der Waals surface area (Å²) in [7, 11) is 0. The number of unbranched alkanes of at least 4 members (excludes halogenated alkanes) is 2. The quantitative estimate of drug-likeness (QED) is 0.379. The normalized spacial score (nSPS) is 25.0. The van der Waals surface area contributed by atoms with Gasteiger partial charge >= 0.3 is 6.09 Å². The zero-order valence-electron chi connectivity index (χ0n) is 15.1. The Kier molecular flexibility index (Phi) is 6.22. The second-order valence-corrected chi connectivity index (χ2v) is 6.57. The molecule has 1 aliphatic rings. The van der Waals surface area contributed by atoms with Gasteiger partial charge in [-0.3, -0.25) is 5.32 Å². The lowest BCUT2D eigenvalue weighted by Crippen LogP contribution is -2.35. The van der Waals surface area contributed by atoms with Crippen molar-refractivity contribution in [2.24, 2.45) is 0 Å². The first-order valence-corrected chi connectivity index (χ1v) is 9.05. The van der Waals surface area contributed by atoms with E-state index in [4.69, 9.17) is 4.74 Å². The van der Waals surface area contributed by atoms with Gasteiger partial charge in [-0.1, -0.05) is 19.8 Å². The Balaban J connectivity index is 1.76. The van der Waals surface area contributed by atoms with E-state index in [0.29, 0.717) is 23.2 Å². The number of H-pyrrole nitrogens is 1. The van der Waals surface area contributed by atoms with E-state index in [1.165, 1.54) is 6.33 Å². The summed E-state index contributed by atoms with van der Waals surface area (Å²) in [5.41, 5.74) is 1.58. The Bertz CT molecular complexity index is 782. The lowest BCUT2D eigenvalue weighted by atomic mass is 10.0. The van der Waals surface area contributed by atoms with E-state index in [1.54, 1.807) is 6.20 Å². The molecule has 10 nitrogen and oxygen atoms in total. The lowest BCUT2D eigenvalue weighted by Gasteiger charge is -2.14. The number of ether oxygens (including phenoxy) is 1. The van der Waals surface area contributed by atoms with E-state index < -0.39 is 30.4 Å². The second kappa shape index (κ2) is 8.61. The molecule has 0 bridgehead atoms. The maximum atomic E-state index is 11.9. The minimum absolute atomic E-state index is 0.262. The molecule has 10 heteroatoms. The number of aliphatic hydroxyl groups excluding tert-OH is 3. The van der Waals surface area contributed by atoms with Crippen LogP contribution in [0.25, 0.3) is 11.0 Å². The zero-order chi connectivity index (χ0) is 19.4. The van der Waals surface area contributed by atoms with Crippen molar-refractivity contribution in [3.8, 4) is 0 Å². The molecule has 0 unspecified atom stereocenters. The van der Waals surface area contributed by atoms with Crippen LogP contribution in [0.5, 0.6) is 0 Å². The third kappa shape index (κ3) is 4.03. The van der Waals surface area contributed by atoms with Crippen molar-refractivity contribution in [3.63, 3.8) is 0 Å². The molecule has 0 aromatic carbocycles. The number of anilines is 1. The molecular formula is C17H25N5O5. The highest BCUT2D eigenvalue weighted by molar-refractivity contribution is 5.95. The molecule has 0 aliphatic carbocycles. The molecule has 0 spiro atoms. The first-order valence-electron chi connectivity index (χ1n) is 9.05. The van der Waals surface area contributed by atoms with Gasteiger partial charge in [0.2, 0.25) is 0 Å². The average molecular weight is 379 g/mol. The predicted molar refractivity (Wildman–Crippen MR) is 97.1 cm³/mol. The number of fused-ring (bicyclic) bond motifs is 1. The fourth-order valence-corrected chi connectivity index (χ4v) is 3.24. The highest BCUT2D eigenvalue weighted by atomic mass is 16.5. The highest BCUT2D eigenvalue weighted by Crippen LogP contribution is 2.33. The molecule has 0 saturated carbocycles. The van der Waals surface area contributed by atoms with Crippen LogP contribution >= 0.6 is 0 Å². The fourth-order valence-electron chi connectivity index (χ4n) is 3.24. The Morgan fingerprint density at radius 3 is 2.81 bits per heavy atom. The highest BCUT2D eigenvalue weighted by Gasteiger charge is 2.42. The van der Waals surface area contributed by atoms with Crippen molar-refractivity contribution < 1.29 is 24.9 Å². The molecule has 1 saturated heterocycles.